The third-order valence-corrected chi connectivity index (χ3v) is 4.92. The van der Waals surface area contributed by atoms with Gasteiger partial charge in [0.1, 0.15) is 0 Å². The molecule has 0 aromatic heterocycles. The van der Waals surface area contributed by atoms with Crippen LogP contribution in [0.5, 0.6) is 0 Å². The second-order valence-corrected chi connectivity index (χ2v) is 6.24. The summed E-state index contributed by atoms with van der Waals surface area (Å²) in [4.78, 5) is 5.18. The number of rotatable bonds is 5. The maximum Gasteiger partial charge on any atom is 0.0459 e. The molecular formula is C15H30N2O. The van der Waals surface area contributed by atoms with Gasteiger partial charge in [0.25, 0.3) is 0 Å². The predicted molar refractivity (Wildman–Crippen MR) is 75.8 cm³/mol. The van der Waals surface area contributed by atoms with Gasteiger partial charge in [-0.2, -0.15) is 0 Å². The number of hydrogen-bond acceptors (Lipinski definition) is 3. The van der Waals surface area contributed by atoms with Gasteiger partial charge in [-0.25, -0.2) is 0 Å². The van der Waals surface area contributed by atoms with E-state index in [4.69, 9.17) is 5.11 Å². The van der Waals surface area contributed by atoms with Gasteiger partial charge in [0, 0.05) is 25.7 Å². The maximum atomic E-state index is 9.17. The summed E-state index contributed by atoms with van der Waals surface area (Å²) >= 11 is 0. The fourth-order valence-electron chi connectivity index (χ4n) is 3.43. The second-order valence-electron chi connectivity index (χ2n) is 6.24. The zero-order valence-electron chi connectivity index (χ0n) is 12.0. The summed E-state index contributed by atoms with van der Waals surface area (Å²) in [6.07, 6.45) is 9.21. The van der Waals surface area contributed by atoms with Gasteiger partial charge in [-0.3, -0.25) is 0 Å². The van der Waals surface area contributed by atoms with E-state index in [2.05, 4.69) is 16.8 Å². The van der Waals surface area contributed by atoms with Crippen molar-refractivity contribution in [3.8, 4) is 0 Å². The lowest BCUT2D eigenvalue weighted by Crippen LogP contribution is -2.42. The summed E-state index contributed by atoms with van der Waals surface area (Å²) in [7, 11) is 2.29. The standard InChI is InChI=1S/C15H30N2O/c1-16(11-12-17-9-3-2-4-10-17)15-7-5-14(13-18)6-8-15/h14-15,18H,2-13H2,1H3. The maximum absolute atomic E-state index is 9.17. The average Bonchev–Trinajstić information content (AvgIpc) is 2.46. The molecule has 1 aliphatic carbocycles. The quantitative estimate of drug-likeness (QED) is 0.812. The number of nitrogens with zero attached hydrogens (tertiary/aromatic N) is 2. The predicted octanol–water partition coefficient (Wildman–Crippen LogP) is 1.96. The smallest absolute Gasteiger partial charge is 0.0459 e. The zero-order chi connectivity index (χ0) is 12.8. The molecule has 0 bridgehead atoms. The summed E-state index contributed by atoms with van der Waals surface area (Å²) in [5, 5.41) is 9.17. The molecule has 0 radical (unpaired) electrons. The van der Waals surface area contributed by atoms with Crippen molar-refractivity contribution < 1.29 is 5.11 Å². The van der Waals surface area contributed by atoms with E-state index < -0.39 is 0 Å². The van der Waals surface area contributed by atoms with Crippen molar-refractivity contribution in [1.29, 1.82) is 0 Å². The van der Waals surface area contributed by atoms with Gasteiger partial charge < -0.3 is 14.9 Å². The topological polar surface area (TPSA) is 26.7 Å². The highest BCUT2D eigenvalue weighted by molar-refractivity contribution is 4.78. The lowest BCUT2D eigenvalue weighted by Gasteiger charge is -2.36. The van der Waals surface area contributed by atoms with Crippen molar-refractivity contribution in [3.63, 3.8) is 0 Å². The third-order valence-electron chi connectivity index (χ3n) is 4.92. The van der Waals surface area contributed by atoms with Gasteiger partial charge in [-0.1, -0.05) is 6.42 Å². The molecule has 18 heavy (non-hydrogen) atoms. The molecule has 0 aromatic rings. The highest BCUT2D eigenvalue weighted by Crippen LogP contribution is 2.26. The molecule has 0 spiro atoms. The van der Waals surface area contributed by atoms with Crippen molar-refractivity contribution in [2.24, 2.45) is 5.92 Å². The Kier molecular flexibility index (Phi) is 5.93. The van der Waals surface area contributed by atoms with E-state index in [-0.39, 0.29) is 0 Å². The molecule has 3 nitrogen and oxygen atoms in total. The fraction of sp³-hybridized carbons (Fsp3) is 1.00. The molecule has 2 rings (SSSR count). The number of hydrogen-bond donors (Lipinski definition) is 1. The van der Waals surface area contributed by atoms with Crippen LogP contribution in [-0.4, -0.2) is 60.8 Å². The van der Waals surface area contributed by atoms with Gasteiger partial charge >= 0.3 is 0 Å². The summed E-state index contributed by atoms with van der Waals surface area (Å²) in [5.41, 5.74) is 0. The molecule has 2 aliphatic rings. The van der Waals surface area contributed by atoms with Crippen LogP contribution in [0.15, 0.2) is 0 Å². The largest absolute Gasteiger partial charge is 0.396 e. The highest BCUT2D eigenvalue weighted by Gasteiger charge is 2.23. The Hall–Kier alpha value is -0.120. The molecule has 1 aliphatic heterocycles. The first-order valence-corrected chi connectivity index (χ1v) is 7.83. The Bertz CT molecular complexity index is 221. The van der Waals surface area contributed by atoms with Crippen molar-refractivity contribution in [1.82, 2.24) is 9.80 Å². The Morgan fingerprint density at radius 3 is 2.33 bits per heavy atom. The van der Waals surface area contributed by atoms with Crippen molar-refractivity contribution in [3.05, 3.63) is 0 Å². The second kappa shape index (κ2) is 7.46. The van der Waals surface area contributed by atoms with Crippen LogP contribution < -0.4 is 0 Å². The van der Waals surface area contributed by atoms with Gasteiger partial charge in [-0.15, -0.1) is 0 Å². The monoisotopic (exact) mass is 254 g/mol. The number of piperidine rings is 1. The van der Waals surface area contributed by atoms with Gasteiger partial charge in [0.2, 0.25) is 0 Å². The Balaban J connectivity index is 1.63. The van der Waals surface area contributed by atoms with Crippen LogP contribution in [0.4, 0.5) is 0 Å². The average molecular weight is 254 g/mol. The third kappa shape index (κ3) is 4.22. The van der Waals surface area contributed by atoms with E-state index in [1.54, 1.807) is 0 Å². The first-order chi connectivity index (χ1) is 8.79. The van der Waals surface area contributed by atoms with Crippen LogP contribution in [-0.2, 0) is 0 Å². The molecule has 2 fully saturated rings. The number of likely N-dealkylation sites (N-methyl/N-ethyl adjacent to an activating group) is 1. The molecule has 1 saturated carbocycles. The van der Waals surface area contributed by atoms with E-state index >= 15 is 0 Å². The molecule has 0 unspecified atom stereocenters. The lowest BCUT2D eigenvalue weighted by atomic mass is 9.86. The Morgan fingerprint density at radius 1 is 1.06 bits per heavy atom. The van der Waals surface area contributed by atoms with Crippen molar-refractivity contribution in [2.45, 2.75) is 51.0 Å². The zero-order valence-corrected chi connectivity index (χ0v) is 12.0. The van der Waals surface area contributed by atoms with E-state index in [1.165, 1.54) is 71.1 Å². The minimum atomic E-state index is 0.393. The minimum absolute atomic E-state index is 0.393. The van der Waals surface area contributed by atoms with Crippen LogP contribution in [0.3, 0.4) is 0 Å². The normalized spacial score (nSPS) is 30.8. The molecule has 1 saturated heterocycles. The molecule has 1 heterocycles. The number of aliphatic hydroxyl groups excluding tert-OH is 1. The number of aliphatic hydroxyl groups is 1. The Labute approximate surface area is 112 Å². The van der Waals surface area contributed by atoms with Crippen LogP contribution in [0.1, 0.15) is 44.9 Å². The molecule has 0 amide bonds. The molecular weight excluding hydrogens is 224 g/mol. The molecule has 0 aromatic carbocycles. The number of likely N-dealkylation sites (tertiary alicyclic amines) is 1. The molecule has 106 valence electrons. The summed E-state index contributed by atoms with van der Waals surface area (Å²) < 4.78 is 0. The first kappa shape index (κ1) is 14.3. The SMILES string of the molecule is CN(CCN1CCCCC1)C1CCC(CO)CC1. The van der Waals surface area contributed by atoms with Crippen LogP contribution in [0.25, 0.3) is 0 Å². The van der Waals surface area contributed by atoms with Crippen LogP contribution in [0.2, 0.25) is 0 Å². The summed E-state index contributed by atoms with van der Waals surface area (Å²) in [6.45, 7) is 5.48. The van der Waals surface area contributed by atoms with Crippen LogP contribution >= 0.6 is 0 Å². The molecule has 3 heteroatoms. The van der Waals surface area contributed by atoms with Gasteiger partial charge in [0.15, 0.2) is 0 Å². The molecule has 1 N–H and O–H groups in total. The van der Waals surface area contributed by atoms with Crippen molar-refractivity contribution in [2.75, 3.05) is 39.8 Å². The van der Waals surface area contributed by atoms with E-state index in [0.717, 1.165) is 6.04 Å². The van der Waals surface area contributed by atoms with E-state index in [0.29, 0.717) is 12.5 Å². The lowest BCUT2D eigenvalue weighted by molar-refractivity contribution is 0.114. The first-order valence-electron chi connectivity index (χ1n) is 7.83. The minimum Gasteiger partial charge on any atom is -0.396 e. The van der Waals surface area contributed by atoms with E-state index in [1.807, 2.05) is 0 Å². The van der Waals surface area contributed by atoms with Gasteiger partial charge in [0.05, 0.1) is 0 Å². The molecule has 0 atom stereocenters. The highest BCUT2D eigenvalue weighted by atomic mass is 16.3. The van der Waals surface area contributed by atoms with Crippen molar-refractivity contribution >= 4 is 0 Å². The fourth-order valence-corrected chi connectivity index (χ4v) is 3.43. The van der Waals surface area contributed by atoms with E-state index in [9.17, 15) is 0 Å². The van der Waals surface area contributed by atoms with Gasteiger partial charge in [-0.05, 0) is 64.6 Å². The Morgan fingerprint density at radius 2 is 1.72 bits per heavy atom. The summed E-state index contributed by atoms with van der Waals surface area (Å²) in [5.74, 6) is 0.580. The summed E-state index contributed by atoms with van der Waals surface area (Å²) in [6, 6.07) is 0.762. The van der Waals surface area contributed by atoms with Crippen LogP contribution in [0, 0.1) is 5.92 Å².